The van der Waals surface area contributed by atoms with E-state index >= 15 is 0 Å². The van der Waals surface area contributed by atoms with Gasteiger partial charge in [-0.25, -0.2) is 0 Å². The van der Waals surface area contributed by atoms with Gasteiger partial charge in [0.05, 0.1) is 19.3 Å². The monoisotopic (exact) mass is 367 g/mol. The largest absolute Gasteiger partial charge is 0.507 e. The molecule has 0 amide bonds. The molecule has 0 aliphatic heterocycles. The summed E-state index contributed by atoms with van der Waals surface area (Å²) in [5.41, 5.74) is 1.87. The Morgan fingerprint density at radius 2 is 1.84 bits per heavy atom. The molecule has 3 N–H and O–H groups in total. The lowest BCUT2D eigenvalue weighted by atomic mass is 9.95. The summed E-state index contributed by atoms with van der Waals surface area (Å²) < 4.78 is 37.7. The summed E-state index contributed by atoms with van der Waals surface area (Å²) >= 11 is 0. The molecule has 0 aromatic heterocycles. The summed E-state index contributed by atoms with van der Waals surface area (Å²) in [6, 6.07) is 11.9. The first-order valence-electron chi connectivity index (χ1n) is 7.57. The Morgan fingerprint density at radius 1 is 1.16 bits per heavy atom. The van der Waals surface area contributed by atoms with Gasteiger partial charge in [-0.15, -0.1) is 0 Å². The molecule has 0 aliphatic rings. The molecule has 7 nitrogen and oxygen atoms in total. The molecule has 1 unspecified atom stereocenters. The van der Waals surface area contributed by atoms with Crippen LogP contribution in [0.25, 0.3) is 11.1 Å². The highest BCUT2D eigenvalue weighted by atomic mass is 32.2. The lowest BCUT2D eigenvalue weighted by molar-refractivity contribution is 0.0257. The third-order valence-electron chi connectivity index (χ3n) is 3.49. The number of nitrogens with two attached hydrogens (primary N) is 1. The molecule has 1 atom stereocenters. The number of ether oxygens (including phenoxy) is 2. The molecule has 0 spiro atoms. The van der Waals surface area contributed by atoms with Gasteiger partial charge in [0.25, 0.3) is 0 Å². The van der Waals surface area contributed by atoms with E-state index in [0.29, 0.717) is 24.3 Å². The van der Waals surface area contributed by atoms with E-state index in [1.54, 1.807) is 14.0 Å². The maximum Gasteiger partial charge on any atom is 0.380 e. The molecular weight excluding hydrogens is 346 g/mol. The molecule has 0 saturated heterocycles. The highest BCUT2D eigenvalue weighted by molar-refractivity contribution is 7.84. The van der Waals surface area contributed by atoms with Crippen molar-refractivity contribution in [1.29, 1.82) is 0 Å². The first kappa shape index (κ1) is 19.2. The lowest BCUT2D eigenvalue weighted by Crippen LogP contribution is -2.19. The minimum absolute atomic E-state index is 0.0862. The standard InChI is InChI=1S/C17H21NO6S/c1-12(23-9-8-22-2)15-10-14(24-25(18,20)21)11-16(19)17(15)13-6-4-3-5-7-13/h3-7,10-12,19H,8-9H2,1-2H3,(H2,18,20,21). The van der Waals surface area contributed by atoms with Crippen LogP contribution in [0.5, 0.6) is 11.5 Å². The Kier molecular flexibility index (Phi) is 6.38. The maximum atomic E-state index is 11.2. The summed E-state index contributed by atoms with van der Waals surface area (Å²) in [6.07, 6.45) is -0.444. The van der Waals surface area contributed by atoms with E-state index in [4.69, 9.17) is 18.8 Å². The van der Waals surface area contributed by atoms with Crippen LogP contribution in [0, 0.1) is 0 Å². The number of aromatic hydroxyl groups is 1. The Labute approximate surface area is 147 Å². The van der Waals surface area contributed by atoms with Crippen LogP contribution in [0.15, 0.2) is 42.5 Å². The second kappa shape index (κ2) is 8.30. The Balaban J connectivity index is 2.49. The van der Waals surface area contributed by atoms with Crippen molar-refractivity contribution >= 4 is 10.3 Å². The van der Waals surface area contributed by atoms with Gasteiger partial charge in [0, 0.05) is 18.7 Å². The second-order valence-electron chi connectivity index (χ2n) is 5.35. The zero-order valence-electron chi connectivity index (χ0n) is 14.0. The third-order valence-corrected chi connectivity index (χ3v) is 3.91. The molecule has 0 heterocycles. The molecule has 0 saturated carbocycles. The van der Waals surface area contributed by atoms with Crippen molar-refractivity contribution in [3.63, 3.8) is 0 Å². The highest BCUT2D eigenvalue weighted by Gasteiger charge is 2.20. The molecule has 136 valence electrons. The molecule has 2 aromatic carbocycles. The Hall–Kier alpha value is -2.13. The van der Waals surface area contributed by atoms with E-state index in [1.807, 2.05) is 30.3 Å². The molecule has 8 heteroatoms. The minimum Gasteiger partial charge on any atom is -0.507 e. The highest BCUT2D eigenvalue weighted by Crippen LogP contribution is 2.40. The van der Waals surface area contributed by atoms with Gasteiger partial charge in [-0.05, 0) is 24.1 Å². The lowest BCUT2D eigenvalue weighted by Gasteiger charge is -2.20. The molecule has 0 fully saturated rings. The van der Waals surface area contributed by atoms with E-state index < -0.39 is 16.4 Å². The van der Waals surface area contributed by atoms with E-state index in [0.717, 1.165) is 5.56 Å². The van der Waals surface area contributed by atoms with Crippen molar-refractivity contribution in [3.8, 4) is 22.6 Å². The van der Waals surface area contributed by atoms with Gasteiger partial charge >= 0.3 is 10.3 Å². The van der Waals surface area contributed by atoms with Gasteiger partial charge < -0.3 is 18.8 Å². The molecular formula is C17H21NO6S. The van der Waals surface area contributed by atoms with Crippen molar-refractivity contribution in [2.24, 2.45) is 5.14 Å². The summed E-state index contributed by atoms with van der Waals surface area (Å²) in [6.45, 7) is 2.54. The SMILES string of the molecule is COCCOC(C)c1cc(OS(N)(=O)=O)cc(O)c1-c1ccccc1. The quantitative estimate of drug-likeness (QED) is 0.694. The van der Waals surface area contributed by atoms with Crippen molar-refractivity contribution in [2.75, 3.05) is 20.3 Å². The molecule has 2 aromatic rings. The van der Waals surface area contributed by atoms with Crippen molar-refractivity contribution in [1.82, 2.24) is 0 Å². The van der Waals surface area contributed by atoms with Crippen LogP contribution in [-0.2, 0) is 19.8 Å². The van der Waals surface area contributed by atoms with E-state index in [2.05, 4.69) is 0 Å². The fourth-order valence-electron chi connectivity index (χ4n) is 2.44. The Bertz CT molecular complexity index is 807. The average Bonchev–Trinajstić information content (AvgIpc) is 2.53. The van der Waals surface area contributed by atoms with Gasteiger partial charge in [-0.1, -0.05) is 30.3 Å². The van der Waals surface area contributed by atoms with Crippen LogP contribution < -0.4 is 9.32 Å². The van der Waals surface area contributed by atoms with E-state index in [1.165, 1.54) is 12.1 Å². The molecule has 0 aliphatic carbocycles. The van der Waals surface area contributed by atoms with Crippen LogP contribution >= 0.6 is 0 Å². The first-order chi connectivity index (χ1) is 11.8. The molecule has 0 radical (unpaired) electrons. The van der Waals surface area contributed by atoms with Crippen molar-refractivity contribution in [3.05, 3.63) is 48.0 Å². The summed E-state index contributed by atoms with van der Waals surface area (Å²) in [7, 11) is -2.64. The van der Waals surface area contributed by atoms with Gasteiger partial charge in [-0.2, -0.15) is 13.6 Å². The number of hydrogen-bond donors (Lipinski definition) is 2. The number of rotatable bonds is 8. The number of benzene rings is 2. The van der Waals surface area contributed by atoms with Gasteiger partial charge in [0.1, 0.15) is 11.5 Å². The molecule has 0 bridgehead atoms. The minimum atomic E-state index is -4.21. The summed E-state index contributed by atoms with van der Waals surface area (Å²) in [5.74, 6) is -0.221. The van der Waals surface area contributed by atoms with Crippen molar-refractivity contribution in [2.45, 2.75) is 13.0 Å². The number of phenolic OH excluding ortho intramolecular Hbond substituents is 1. The second-order valence-corrected chi connectivity index (χ2v) is 6.51. The van der Waals surface area contributed by atoms with Gasteiger partial charge in [-0.3, -0.25) is 0 Å². The van der Waals surface area contributed by atoms with Crippen LogP contribution in [0.1, 0.15) is 18.6 Å². The summed E-state index contributed by atoms with van der Waals surface area (Å²) in [5, 5.41) is 15.4. The number of phenols is 1. The average molecular weight is 367 g/mol. The fourth-order valence-corrected chi connectivity index (χ4v) is 2.81. The summed E-state index contributed by atoms with van der Waals surface area (Å²) in [4.78, 5) is 0. The van der Waals surface area contributed by atoms with Crippen LogP contribution in [0.4, 0.5) is 0 Å². The number of methoxy groups -OCH3 is 1. The molecule has 25 heavy (non-hydrogen) atoms. The van der Waals surface area contributed by atoms with E-state index in [9.17, 15) is 13.5 Å². The Morgan fingerprint density at radius 3 is 2.44 bits per heavy atom. The first-order valence-corrected chi connectivity index (χ1v) is 9.04. The third kappa shape index (κ3) is 5.43. The zero-order valence-corrected chi connectivity index (χ0v) is 14.8. The van der Waals surface area contributed by atoms with Crippen LogP contribution in [0.3, 0.4) is 0 Å². The van der Waals surface area contributed by atoms with Gasteiger partial charge in [0.15, 0.2) is 0 Å². The van der Waals surface area contributed by atoms with E-state index in [-0.39, 0.29) is 11.5 Å². The van der Waals surface area contributed by atoms with Gasteiger partial charge in [0.2, 0.25) is 0 Å². The normalized spacial score (nSPS) is 12.8. The fraction of sp³-hybridized carbons (Fsp3) is 0.294. The zero-order chi connectivity index (χ0) is 18.4. The van der Waals surface area contributed by atoms with Crippen molar-refractivity contribution < 1.29 is 27.2 Å². The van der Waals surface area contributed by atoms with Crippen LogP contribution in [0.2, 0.25) is 0 Å². The molecule has 2 rings (SSSR count). The predicted octanol–water partition coefficient (Wildman–Crippen LogP) is 2.37. The maximum absolute atomic E-state index is 11.2. The van der Waals surface area contributed by atoms with Crippen LogP contribution in [-0.4, -0.2) is 33.8 Å². The number of hydrogen-bond acceptors (Lipinski definition) is 6. The topological polar surface area (TPSA) is 108 Å². The smallest absolute Gasteiger partial charge is 0.380 e. The predicted molar refractivity (Wildman–Crippen MR) is 93.5 cm³/mol.